The zero-order valence-electron chi connectivity index (χ0n) is 14.8. The molecule has 0 saturated heterocycles. The predicted molar refractivity (Wildman–Crippen MR) is 114 cm³/mol. The second-order valence-corrected chi connectivity index (χ2v) is 9.29. The van der Waals surface area contributed by atoms with Gasteiger partial charge in [-0.15, -0.1) is 21.6 Å². The van der Waals surface area contributed by atoms with Gasteiger partial charge in [0, 0.05) is 16.8 Å². The Morgan fingerprint density at radius 3 is 2.69 bits per heavy atom. The molecule has 0 amide bonds. The van der Waals surface area contributed by atoms with Crippen LogP contribution in [-0.4, -0.2) is 18.5 Å². The quantitative estimate of drug-likeness (QED) is 0.341. The van der Waals surface area contributed by atoms with E-state index in [1.54, 1.807) is 30.3 Å². The molecule has 0 aliphatic heterocycles. The standard InChI is InChI=1S/C19H15ClN4O3S2/c20-15-5-1-2-6-17(15)23-24-18-14-10-13(7-8-16(14)22-19(18)25)29(26,27)21-11-12-4-3-9-28-12/h1-10,21-22,25H,11H2. The SMILES string of the molecule is O=S(=O)(NCc1cccs1)c1ccc2[nH]c(O)c(N=Nc3ccccc3Cl)c2c1. The number of fused-ring (bicyclic) bond motifs is 1. The highest BCUT2D eigenvalue weighted by Crippen LogP contribution is 2.38. The molecular formula is C19H15ClN4O3S2. The molecule has 2 aromatic heterocycles. The molecule has 0 spiro atoms. The van der Waals surface area contributed by atoms with E-state index in [1.165, 1.54) is 23.5 Å². The van der Waals surface area contributed by atoms with Gasteiger partial charge in [-0.05, 0) is 41.8 Å². The summed E-state index contributed by atoms with van der Waals surface area (Å²) in [6.07, 6.45) is 0. The van der Waals surface area contributed by atoms with Gasteiger partial charge < -0.3 is 10.1 Å². The summed E-state index contributed by atoms with van der Waals surface area (Å²) < 4.78 is 27.9. The molecule has 7 nitrogen and oxygen atoms in total. The molecule has 0 unspecified atom stereocenters. The average Bonchev–Trinajstić information content (AvgIpc) is 3.33. The second-order valence-electron chi connectivity index (χ2n) is 6.08. The number of benzene rings is 2. The van der Waals surface area contributed by atoms with E-state index < -0.39 is 10.0 Å². The molecule has 0 aliphatic rings. The third kappa shape index (κ3) is 4.18. The van der Waals surface area contributed by atoms with Crippen LogP contribution in [0.15, 0.2) is 75.1 Å². The molecule has 29 heavy (non-hydrogen) atoms. The van der Waals surface area contributed by atoms with Gasteiger partial charge in [-0.3, -0.25) is 0 Å². The number of thiophene rings is 1. The van der Waals surface area contributed by atoms with Crippen molar-refractivity contribution in [3.63, 3.8) is 0 Å². The van der Waals surface area contributed by atoms with Crippen molar-refractivity contribution in [2.75, 3.05) is 0 Å². The largest absolute Gasteiger partial charge is 0.493 e. The minimum Gasteiger partial charge on any atom is -0.493 e. The van der Waals surface area contributed by atoms with Crippen molar-refractivity contribution in [2.24, 2.45) is 10.2 Å². The Kier molecular flexibility index (Phi) is 5.37. The van der Waals surface area contributed by atoms with Crippen molar-refractivity contribution >= 4 is 55.2 Å². The topological polar surface area (TPSA) is 107 Å². The fraction of sp³-hybridized carbons (Fsp3) is 0.0526. The van der Waals surface area contributed by atoms with Crippen LogP contribution < -0.4 is 4.72 Å². The number of aromatic nitrogens is 1. The van der Waals surface area contributed by atoms with Gasteiger partial charge in [0.2, 0.25) is 15.9 Å². The first-order valence-electron chi connectivity index (χ1n) is 8.47. The smallest absolute Gasteiger partial charge is 0.240 e. The van der Waals surface area contributed by atoms with Crippen LogP contribution in [0.5, 0.6) is 5.88 Å². The monoisotopic (exact) mass is 446 g/mol. The van der Waals surface area contributed by atoms with Gasteiger partial charge in [-0.1, -0.05) is 29.8 Å². The first kappa shape index (κ1) is 19.6. The predicted octanol–water partition coefficient (Wildman–Crippen LogP) is 5.48. The van der Waals surface area contributed by atoms with E-state index in [1.807, 2.05) is 17.5 Å². The van der Waals surface area contributed by atoms with E-state index in [0.29, 0.717) is 21.6 Å². The molecule has 0 radical (unpaired) electrons. The first-order valence-corrected chi connectivity index (χ1v) is 11.2. The Bertz CT molecular complexity index is 1300. The lowest BCUT2D eigenvalue weighted by atomic mass is 10.2. The van der Waals surface area contributed by atoms with Crippen molar-refractivity contribution < 1.29 is 13.5 Å². The maximum atomic E-state index is 12.7. The molecule has 0 atom stereocenters. The molecule has 2 aromatic carbocycles. The zero-order chi connectivity index (χ0) is 20.4. The molecule has 10 heteroatoms. The van der Waals surface area contributed by atoms with E-state index in [2.05, 4.69) is 19.9 Å². The number of H-pyrrole nitrogens is 1. The zero-order valence-corrected chi connectivity index (χ0v) is 17.2. The van der Waals surface area contributed by atoms with Crippen LogP contribution in [0.4, 0.5) is 11.4 Å². The van der Waals surface area contributed by atoms with Crippen LogP contribution in [-0.2, 0) is 16.6 Å². The molecular weight excluding hydrogens is 432 g/mol. The molecule has 0 aliphatic carbocycles. The number of rotatable bonds is 6. The van der Waals surface area contributed by atoms with Crippen LogP contribution in [0, 0.1) is 0 Å². The lowest BCUT2D eigenvalue weighted by Crippen LogP contribution is -2.22. The van der Waals surface area contributed by atoms with Crippen LogP contribution in [0.3, 0.4) is 0 Å². The van der Waals surface area contributed by atoms with Crippen molar-refractivity contribution in [3.8, 4) is 5.88 Å². The Morgan fingerprint density at radius 2 is 1.93 bits per heavy atom. The van der Waals surface area contributed by atoms with Crippen molar-refractivity contribution in [1.29, 1.82) is 0 Å². The van der Waals surface area contributed by atoms with E-state index in [-0.39, 0.29) is 23.0 Å². The number of aromatic hydroxyl groups is 1. The van der Waals surface area contributed by atoms with E-state index in [9.17, 15) is 13.5 Å². The number of nitrogens with one attached hydrogen (secondary N) is 2. The average molecular weight is 447 g/mol. The highest BCUT2D eigenvalue weighted by atomic mass is 35.5. The minimum absolute atomic E-state index is 0.0646. The van der Waals surface area contributed by atoms with Gasteiger partial charge in [-0.2, -0.15) is 0 Å². The van der Waals surface area contributed by atoms with Crippen LogP contribution in [0.2, 0.25) is 5.02 Å². The molecule has 148 valence electrons. The third-order valence-electron chi connectivity index (χ3n) is 4.16. The summed E-state index contributed by atoms with van der Waals surface area (Å²) in [4.78, 5) is 3.74. The molecule has 2 heterocycles. The van der Waals surface area contributed by atoms with Gasteiger partial charge in [-0.25, -0.2) is 13.1 Å². The molecule has 3 N–H and O–H groups in total. The van der Waals surface area contributed by atoms with Gasteiger partial charge in [0.15, 0.2) is 5.69 Å². The Labute approximate surface area is 175 Å². The lowest BCUT2D eigenvalue weighted by Gasteiger charge is -2.06. The van der Waals surface area contributed by atoms with Crippen LogP contribution >= 0.6 is 22.9 Å². The summed E-state index contributed by atoms with van der Waals surface area (Å²) in [5.74, 6) is -0.211. The number of azo groups is 1. The lowest BCUT2D eigenvalue weighted by molar-refractivity contribution is 0.459. The van der Waals surface area contributed by atoms with Crippen LogP contribution in [0.1, 0.15) is 4.88 Å². The number of hydrogen-bond donors (Lipinski definition) is 3. The highest BCUT2D eigenvalue weighted by Gasteiger charge is 2.18. The summed E-state index contributed by atoms with van der Waals surface area (Å²) in [6.45, 7) is 0.204. The van der Waals surface area contributed by atoms with Crippen molar-refractivity contribution in [1.82, 2.24) is 9.71 Å². The minimum atomic E-state index is -3.74. The van der Waals surface area contributed by atoms with Crippen LogP contribution in [0.25, 0.3) is 10.9 Å². The summed E-state index contributed by atoms with van der Waals surface area (Å²) in [5.41, 5.74) is 1.10. The van der Waals surface area contributed by atoms with Gasteiger partial charge in [0.05, 0.1) is 15.4 Å². The summed E-state index contributed by atoms with van der Waals surface area (Å²) in [7, 11) is -3.74. The number of halogens is 1. The van der Waals surface area contributed by atoms with E-state index >= 15 is 0 Å². The first-order chi connectivity index (χ1) is 13.9. The van der Waals surface area contributed by atoms with Crippen molar-refractivity contribution in [2.45, 2.75) is 11.4 Å². The van der Waals surface area contributed by atoms with Gasteiger partial charge in [0.1, 0.15) is 5.69 Å². The molecule has 0 bridgehead atoms. The summed E-state index contributed by atoms with van der Waals surface area (Å²) in [6, 6.07) is 15.1. The number of sulfonamides is 1. The fourth-order valence-corrected chi connectivity index (χ4v) is 4.65. The number of nitrogens with zero attached hydrogens (tertiary/aromatic N) is 2. The summed E-state index contributed by atoms with van der Waals surface area (Å²) in [5, 5.41) is 21.1. The Balaban J connectivity index is 1.68. The van der Waals surface area contributed by atoms with Gasteiger partial charge in [0.25, 0.3) is 0 Å². The number of aromatic amines is 1. The molecule has 0 fully saturated rings. The third-order valence-corrected chi connectivity index (χ3v) is 6.76. The maximum absolute atomic E-state index is 12.7. The van der Waals surface area contributed by atoms with Gasteiger partial charge >= 0.3 is 0 Å². The Hall–Kier alpha value is -2.72. The number of hydrogen-bond acceptors (Lipinski definition) is 6. The van der Waals surface area contributed by atoms with E-state index in [4.69, 9.17) is 11.6 Å². The van der Waals surface area contributed by atoms with E-state index in [0.717, 1.165) is 4.88 Å². The van der Waals surface area contributed by atoms with Crippen molar-refractivity contribution in [3.05, 3.63) is 69.9 Å². The highest BCUT2D eigenvalue weighted by molar-refractivity contribution is 7.89. The maximum Gasteiger partial charge on any atom is 0.240 e. The molecule has 0 saturated carbocycles. The Morgan fingerprint density at radius 1 is 1.10 bits per heavy atom. The fourth-order valence-electron chi connectivity index (χ4n) is 2.71. The second kappa shape index (κ2) is 7.96. The normalized spacial score (nSPS) is 12.2. The molecule has 4 rings (SSSR count). The summed E-state index contributed by atoms with van der Waals surface area (Å²) >= 11 is 7.54. The molecule has 4 aromatic rings.